The van der Waals surface area contributed by atoms with Gasteiger partial charge in [0.05, 0.1) is 19.8 Å². The number of hydrogen-bond acceptors (Lipinski definition) is 6. The van der Waals surface area contributed by atoms with Crippen LogP contribution in [0.1, 0.15) is 59.3 Å². The van der Waals surface area contributed by atoms with E-state index in [1.807, 2.05) is 20.8 Å². The first-order chi connectivity index (χ1) is 14.3. The quantitative estimate of drug-likeness (QED) is 0.190. The molecule has 0 rings (SSSR count). The van der Waals surface area contributed by atoms with Crippen LogP contribution in [0.4, 0.5) is 0 Å². The summed E-state index contributed by atoms with van der Waals surface area (Å²) in [6, 6.07) is 0. The Bertz CT molecular complexity index is 485. The molecule has 3 amide bonds. The van der Waals surface area contributed by atoms with E-state index in [-0.39, 0.29) is 88.3 Å². The summed E-state index contributed by atoms with van der Waals surface area (Å²) in [6.45, 7) is 5.96. The number of hydrogen-bond donors (Lipinski definition) is 6. The van der Waals surface area contributed by atoms with Crippen LogP contribution in [0, 0.1) is 17.3 Å². The van der Waals surface area contributed by atoms with Crippen LogP contribution in [0.25, 0.3) is 0 Å². The lowest BCUT2D eigenvalue weighted by Gasteiger charge is -2.45. The Morgan fingerprint density at radius 2 is 1.07 bits per heavy atom. The Kier molecular flexibility index (Phi) is 15.1. The van der Waals surface area contributed by atoms with Crippen LogP contribution in [0.5, 0.6) is 0 Å². The highest BCUT2D eigenvalue weighted by Gasteiger charge is 2.45. The molecule has 9 nitrogen and oxygen atoms in total. The second-order valence-electron chi connectivity index (χ2n) is 7.60. The summed E-state index contributed by atoms with van der Waals surface area (Å²) in [5.41, 5.74) is -0.587. The lowest BCUT2D eigenvalue weighted by atomic mass is 9.59. The van der Waals surface area contributed by atoms with Gasteiger partial charge in [-0.1, -0.05) is 33.6 Å². The number of amides is 3. The van der Waals surface area contributed by atoms with Gasteiger partial charge in [-0.15, -0.1) is 0 Å². The van der Waals surface area contributed by atoms with E-state index in [9.17, 15) is 14.4 Å². The molecule has 0 aliphatic heterocycles. The summed E-state index contributed by atoms with van der Waals surface area (Å²) < 4.78 is 0. The average molecular weight is 432 g/mol. The number of aliphatic hydroxyl groups is 3. The number of carbonyl (C=O) groups excluding carboxylic acids is 3. The van der Waals surface area contributed by atoms with Gasteiger partial charge in [0, 0.05) is 38.9 Å². The van der Waals surface area contributed by atoms with Crippen LogP contribution in [-0.2, 0) is 14.4 Å². The molecule has 0 radical (unpaired) electrons. The second-order valence-corrected chi connectivity index (χ2v) is 7.60. The fraction of sp³-hybridized carbons (Fsp3) is 0.857. The summed E-state index contributed by atoms with van der Waals surface area (Å²) >= 11 is 0. The smallest absolute Gasteiger partial charge is 0.220 e. The Balaban J connectivity index is 5.82. The topological polar surface area (TPSA) is 148 Å². The van der Waals surface area contributed by atoms with Crippen LogP contribution < -0.4 is 16.0 Å². The number of aliphatic hydroxyl groups excluding tert-OH is 3. The van der Waals surface area contributed by atoms with Gasteiger partial charge in [0.1, 0.15) is 0 Å². The van der Waals surface area contributed by atoms with Crippen molar-refractivity contribution >= 4 is 17.7 Å². The second kappa shape index (κ2) is 16.0. The maximum atomic E-state index is 12.6. The zero-order valence-corrected chi connectivity index (χ0v) is 18.7. The van der Waals surface area contributed by atoms with Crippen molar-refractivity contribution in [1.82, 2.24) is 16.0 Å². The highest BCUT2D eigenvalue weighted by Crippen LogP contribution is 2.48. The van der Waals surface area contributed by atoms with Gasteiger partial charge >= 0.3 is 0 Å². The monoisotopic (exact) mass is 431 g/mol. The highest BCUT2D eigenvalue weighted by atomic mass is 16.3. The number of nitrogens with one attached hydrogen (secondary N) is 3. The molecule has 0 aromatic carbocycles. The van der Waals surface area contributed by atoms with Crippen LogP contribution in [-0.4, -0.2) is 72.5 Å². The number of carbonyl (C=O) groups is 3. The zero-order chi connectivity index (χ0) is 23.0. The molecule has 176 valence electrons. The van der Waals surface area contributed by atoms with Gasteiger partial charge in [-0.2, -0.15) is 0 Å². The minimum absolute atomic E-state index is 0.142. The Hall–Kier alpha value is -1.71. The van der Waals surface area contributed by atoms with Crippen molar-refractivity contribution in [2.45, 2.75) is 59.3 Å². The predicted molar refractivity (Wildman–Crippen MR) is 114 cm³/mol. The average Bonchev–Trinajstić information content (AvgIpc) is 2.75. The van der Waals surface area contributed by atoms with E-state index in [1.54, 1.807) is 0 Å². The molecule has 0 aliphatic carbocycles. The maximum Gasteiger partial charge on any atom is 0.220 e. The third-order valence-corrected chi connectivity index (χ3v) is 5.93. The van der Waals surface area contributed by atoms with E-state index in [4.69, 9.17) is 15.3 Å². The summed E-state index contributed by atoms with van der Waals surface area (Å²) in [4.78, 5) is 37.4. The van der Waals surface area contributed by atoms with E-state index in [0.717, 1.165) is 0 Å². The largest absolute Gasteiger partial charge is 0.395 e. The summed E-state index contributed by atoms with van der Waals surface area (Å²) in [6.07, 6.45) is 2.47. The Morgan fingerprint density at radius 1 is 0.700 bits per heavy atom. The molecule has 0 fully saturated rings. The molecular weight excluding hydrogens is 390 g/mol. The van der Waals surface area contributed by atoms with Gasteiger partial charge in [0.15, 0.2) is 0 Å². The van der Waals surface area contributed by atoms with E-state index in [2.05, 4.69) is 16.0 Å². The molecule has 2 unspecified atom stereocenters. The molecule has 0 aromatic rings. The van der Waals surface area contributed by atoms with Gasteiger partial charge < -0.3 is 31.3 Å². The van der Waals surface area contributed by atoms with Gasteiger partial charge in [-0.05, 0) is 23.7 Å². The molecule has 30 heavy (non-hydrogen) atoms. The minimum Gasteiger partial charge on any atom is -0.395 e. The van der Waals surface area contributed by atoms with Crippen LogP contribution >= 0.6 is 0 Å². The number of rotatable bonds is 17. The van der Waals surface area contributed by atoms with Gasteiger partial charge in [-0.3, -0.25) is 14.4 Å². The Labute approximate surface area is 180 Å². The molecule has 9 heteroatoms. The van der Waals surface area contributed by atoms with Crippen molar-refractivity contribution in [2.24, 2.45) is 17.3 Å². The zero-order valence-electron chi connectivity index (χ0n) is 18.7. The highest BCUT2D eigenvalue weighted by molar-refractivity contribution is 5.79. The first-order valence-corrected chi connectivity index (χ1v) is 11.0. The Morgan fingerprint density at radius 3 is 1.37 bits per heavy atom. The molecule has 0 saturated carbocycles. The SMILES string of the molecule is CCC(CC(=O)NCCO)C(CC)(CC(=O)NCCO)C(CC)CC(=O)NCCO. The van der Waals surface area contributed by atoms with Crippen LogP contribution in [0.3, 0.4) is 0 Å². The first kappa shape index (κ1) is 28.3. The van der Waals surface area contributed by atoms with Crippen molar-refractivity contribution < 1.29 is 29.7 Å². The fourth-order valence-corrected chi connectivity index (χ4v) is 4.37. The summed E-state index contributed by atoms with van der Waals surface area (Å²) in [5, 5.41) is 35.0. The van der Waals surface area contributed by atoms with E-state index in [1.165, 1.54) is 0 Å². The molecule has 0 aromatic heterocycles. The third kappa shape index (κ3) is 9.40. The molecule has 0 heterocycles. The summed E-state index contributed by atoms with van der Waals surface area (Å²) in [7, 11) is 0. The molecular formula is C21H41N3O6. The van der Waals surface area contributed by atoms with Crippen LogP contribution in [0.15, 0.2) is 0 Å². The van der Waals surface area contributed by atoms with Crippen molar-refractivity contribution in [1.29, 1.82) is 0 Å². The predicted octanol–water partition coefficient (Wildman–Crippen LogP) is -0.0690. The van der Waals surface area contributed by atoms with Gasteiger partial charge in [-0.25, -0.2) is 0 Å². The lowest BCUT2D eigenvalue weighted by molar-refractivity contribution is -0.132. The van der Waals surface area contributed by atoms with Crippen LogP contribution in [0.2, 0.25) is 0 Å². The van der Waals surface area contributed by atoms with Gasteiger partial charge in [0.2, 0.25) is 17.7 Å². The molecule has 0 spiro atoms. The van der Waals surface area contributed by atoms with Gasteiger partial charge in [0.25, 0.3) is 0 Å². The standard InChI is InChI=1S/C21H41N3O6/c1-4-16(13-18(28)22-7-10-25)21(6-3,15-20(30)24-9-12-27)17(5-2)14-19(29)23-8-11-26/h16-17,25-27H,4-15H2,1-3H3,(H,22,28)(H,23,29)(H,24,30). The first-order valence-electron chi connectivity index (χ1n) is 11.0. The normalized spacial score (nSPS) is 15.0. The van der Waals surface area contributed by atoms with Crippen molar-refractivity contribution in [2.75, 3.05) is 39.5 Å². The molecule has 0 aliphatic rings. The fourth-order valence-electron chi connectivity index (χ4n) is 4.37. The van der Waals surface area contributed by atoms with E-state index in [0.29, 0.717) is 19.3 Å². The molecule has 0 bridgehead atoms. The lowest BCUT2D eigenvalue weighted by Crippen LogP contribution is -2.46. The van der Waals surface area contributed by atoms with E-state index < -0.39 is 5.41 Å². The summed E-state index contributed by atoms with van der Waals surface area (Å²) in [5.74, 6) is -0.879. The molecule has 2 atom stereocenters. The molecule has 6 N–H and O–H groups in total. The molecule has 0 saturated heterocycles. The van der Waals surface area contributed by atoms with Crippen molar-refractivity contribution in [3.05, 3.63) is 0 Å². The minimum atomic E-state index is -0.587. The third-order valence-electron chi connectivity index (χ3n) is 5.93. The maximum absolute atomic E-state index is 12.6. The van der Waals surface area contributed by atoms with Crippen molar-refractivity contribution in [3.63, 3.8) is 0 Å². The van der Waals surface area contributed by atoms with Crippen molar-refractivity contribution in [3.8, 4) is 0 Å². The van der Waals surface area contributed by atoms with E-state index >= 15 is 0 Å².